The van der Waals surface area contributed by atoms with Crippen LogP contribution in [0.1, 0.15) is 41.7 Å². The number of aldehydes is 1. The molecule has 10 rings (SSSR count). The molecule has 0 aliphatic carbocycles. The van der Waals surface area contributed by atoms with Crippen LogP contribution >= 0.6 is 0 Å². The number of alkyl halides is 15. The minimum Gasteiger partial charge on any atom is -0.467 e. The second-order valence-electron chi connectivity index (χ2n) is 24.4. The number of urea groups is 5. The number of nitrogens with zero attached hydrogens (tertiary/aromatic N) is 15. The monoisotopic (exact) mass is 1550 g/mol. The van der Waals surface area contributed by atoms with Crippen LogP contribution in [0.2, 0.25) is 0 Å². The number of likely N-dealkylation sites (N-methyl/N-ethyl adjacent to an activating group) is 5. The number of halogens is 15. The van der Waals surface area contributed by atoms with Crippen molar-refractivity contribution in [3.63, 3.8) is 0 Å². The average molecular weight is 1550 g/mol. The Morgan fingerprint density at radius 1 is 0.431 bits per heavy atom. The van der Waals surface area contributed by atoms with Gasteiger partial charge in [-0.2, -0.15) is 65.9 Å². The standard InChI is InChI=1S/C14H12F3N3O3.2C14H14F3N3O2.C13H12F3N3O2.C13H10F3N3O2/c1-18-10-5-4-8(6-9(10)14(15,16)17)20-11(12(21)23-3)7-19(2)13(20)22;2*1-8(21)12-7-19(3)13(22)20(12)9-4-5-11(18-2)10(6-9)14(15,16)17;2*1-17-11-4-3-8(5-10(11)13(14,15)16)19-9(7-20)6-18(2)12(19)21/h4-6,11H,7H2,2-3H3;2*4-6,8,12,21H,7H2,1,3H3;3-5,9,20H,6-7H2,2H3;3-5,7,9H,6H2,2H3/t11-;8-,12+;8-,12-;2*9-/m10111/s1. The third-order valence-electron chi connectivity index (χ3n) is 17.0. The summed E-state index contributed by atoms with van der Waals surface area (Å²) in [4.78, 5) is 109. The summed E-state index contributed by atoms with van der Waals surface area (Å²) in [5, 5.41) is 28.8. The summed E-state index contributed by atoms with van der Waals surface area (Å²) in [6.07, 6.45) is -24.8. The first-order valence-corrected chi connectivity index (χ1v) is 31.3. The van der Waals surface area contributed by atoms with Crippen LogP contribution in [0.25, 0.3) is 24.2 Å². The first-order chi connectivity index (χ1) is 50.6. The Bertz CT molecular complexity index is 4410. The highest BCUT2D eigenvalue weighted by atomic mass is 19.4. The van der Waals surface area contributed by atoms with E-state index in [4.69, 9.17) is 32.9 Å². The first kappa shape index (κ1) is 85.8. The normalized spacial score (nSPS) is 19.3. The summed E-state index contributed by atoms with van der Waals surface area (Å²) in [7, 11) is 8.54. The number of rotatable bonds is 10. The summed E-state index contributed by atoms with van der Waals surface area (Å²) >= 11 is 0. The van der Waals surface area contributed by atoms with Gasteiger partial charge >= 0.3 is 67.0 Å². The summed E-state index contributed by atoms with van der Waals surface area (Å²) in [5.41, 5.74) is -8.37. The fraction of sp³-hybridized carbons (Fsp3) is 0.382. The molecule has 26 nitrogen and oxygen atoms in total. The lowest BCUT2D eigenvalue weighted by Crippen LogP contribution is -2.41. The van der Waals surface area contributed by atoms with E-state index >= 15 is 0 Å². The van der Waals surface area contributed by atoms with Crippen LogP contribution in [0.3, 0.4) is 0 Å². The lowest BCUT2D eigenvalue weighted by Gasteiger charge is -2.26. The number of aliphatic hydroxyl groups is 3. The summed E-state index contributed by atoms with van der Waals surface area (Å²) in [6.45, 7) is 37.4. The number of methoxy groups -OCH3 is 1. The Labute approximate surface area is 610 Å². The minimum absolute atomic E-state index is 0.00255. The summed E-state index contributed by atoms with van der Waals surface area (Å²) in [6, 6.07) is 8.69. The maximum absolute atomic E-state index is 13.0. The molecule has 0 bridgehead atoms. The molecule has 109 heavy (non-hydrogen) atoms. The maximum Gasteiger partial charge on any atom is 0.407 e. The highest BCUT2D eigenvalue weighted by Gasteiger charge is 2.47. The molecule has 0 aromatic heterocycles. The molecule has 5 aromatic carbocycles. The number of hydrogen-bond acceptors (Lipinski definition) is 11. The zero-order valence-corrected chi connectivity index (χ0v) is 58.0. The third-order valence-corrected chi connectivity index (χ3v) is 17.0. The zero-order valence-electron chi connectivity index (χ0n) is 58.0. The Morgan fingerprint density at radius 3 is 0.954 bits per heavy atom. The van der Waals surface area contributed by atoms with Gasteiger partial charge in [0.05, 0.1) is 111 Å². The number of aliphatic hydroxyl groups excluding tert-OH is 3. The van der Waals surface area contributed by atoms with Gasteiger partial charge in [0, 0.05) is 89.9 Å². The van der Waals surface area contributed by atoms with Crippen LogP contribution in [0.4, 0.5) is 147 Å². The van der Waals surface area contributed by atoms with Gasteiger partial charge < -0.3 is 49.4 Å². The van der Waals surface area contributed by atoms with Crippen LogP contribution in [-0.4, -0.2) is 206 Å². The van der Waals surface area contributed by atoms with Crippen molar-refractivity contribution in [3.8, 4) is 0 Å². The molecule has 5 aromatic rings. The van der Waals surface area contributed by atoms with Gasteiger partial charge in [0.15, 0.2) is 34.5 Å². The van der Waals surface area contributed by atoms with E-state index in [-0.39, 0.29) is 67.8 Å². The molecular formula is C68H62F15N15O11. The highest BCUT2D eigenvalue weighted by molar-refractivity contribution is 6.03. The molecule has 5 aliphatic heterocycles. The van der Waals surface area contributed by atoms with Crippen molar-refractivity contribution >= 4 is 99.3 Å². The number of benzene rings is 5. The van der Waals surface area contributed by atoms with Crippen LogP contribution in [0, 0.1) is 32.9 Å². The first-order valence-electron chi connectivity index (χ1n) is 31.3. The molecule has 5 aliphatic rings. The number of amides is 10. The number of hydrogen-bond donors (Lipinski definition) is 3. The quantitative estimate of drug-likeness (QED) is 0.0514. The van der Waals surface area contributed by atoms with Gasteiger partial charge in [0.2, 0.25) is 0 Å². The molecule has 5 saturated heterocycles. The fourth-order valence-corrected chi connectivity index (χ4v) is 11.7. The van der Waals surface area contributed by atoms with Gasteiger partial charge in [-0.1, -0.05) is 30.3 Å². The van der Waals surface area contributed by atoms with Crippen LogP contribution in [0.5, 0.6) is 0 Å². The SMILES string of the molecule is [C-]#[N+]c1ccc(N2C(=O)N(C)C[C@@H]2C(=O)OC)cc1C(F)(F)F.[C-]#[N+]c1ccc(N2C(=O)N(C)C[C@@H]2C=O)cc1C(F)(F)F.[C-]#[N+]c1ccc(N2C(=O)N(C)C[C@@H]2CO)cc1C(F)(F)F.[C-]#[N+]c1ccc(N2C(=O)N(C)C[C@@H]2[C@@H](C)O)cc1C(F)(F)F.[C-]#[N+]c1ccc(N2C(=O)N(C)C[C@@H]2[C@H](C)O)cc1C(F)(F)F. The summed E-state index contributed by atoms with van der Waals surface area (Å²) in [5.74, 6) is -0.731. The van der Waals surface area contributed by atoms with Crippen molar-refractivity contribution in [2.24, 2.45) is 0 Å². The minimum atomic E-state index is -4.74. The Balaban J connectivity index is 0.000000213. The Hall–Kier alpha value is -12.1. The number of ether oxygens (including phenoxy) is 1. The molecule has 5 heterocycles. The molecule has 0 saturated carbocycles. The lowest BCUT2D eigenvalue weighted by atomic mass is 10.1. The third kappa shape index (κ3) is 19.0. The van der Waals surface area contributed by atoms with Crippen LogP contribution in [0.15, 0.2) is 91.0 Å². The van der Waals surface area contributed by atoms with Crippen molar-refractivity contribution in [3.05, 3.63) is 176 Å². The second-order valence-corrected chi connectivity index (χ2v) is 24.4. The van der Waals surface area contributed by atoms with Crippen LogP contribution < -0.4 is 24.5 Å². The van der Waals surface area contributed by atoms with Crippen molar-refractivity contribution in [1.29, 1.82) is 0 Å². The van der Waals surface area contributed by atoms with E-state index in [2.05, 4.69) is 29.0 Å². The van der Waals surface area contributed by atoms with Gasteiger partial charge in [-0.15, -0.1) is 0 Å². The number of carbonyl (C=O) groups excluding carboxylic acids is 7. The molecule has 3 N–H and O–H groups in total. The van der Waals surface area contributed by atoms with E-state index < -0.39 is 166 Å². The largest absolute Gasteiger partial charge is 0.467 e. The maximum atomic E-state index is 13.0. The van der Waals surface area contributed by atoms with Gasteiger partial charge in [-0.25, -0.2) is 53.0 Å². The predicted octanol–water partition coefficient (Wildman–Crippen LogP) is 13.6. The number of anilines is 5. The molecule has 0 radical (unpaired) electrons. The van der Waals surface area contributed by atoms with Gasteiger partial charge in [-0.05, 0) is 74.5 Å². The molecule has 5 fully saturated rings. The molecule has 0 unspecified atom stereocenters. The molecule has 41 heteroatoms. The van der Waals surface area contributed by atoms with E-state index in [1.54, 1.807) is 0 Å². The van der Waals surface area contributed by atoms with Gasteiger partial charge in [0.1, 0.15) is 12.3 Å². The smallest absolute Gasteiger partial charge is 0.407 e. The van der Waals surface area contributed by atoms with Crippen molar-refractivity contribution in [2.75, 3.05) is 106 Å². The van der Waals surface area contributed by atoms with Crippen LogP contribution in [-0.2, 0) is 45.2 Å². The second kappa shape index (κ2) is 33.8. The molecular weight excluding hydrogens is 1490 g/mol. The molecule has 10 amide bonds. The highest BCUT2D eigenvalue weighted by Crippen LogP contribution is 2.46. The van der Waals surface area contributed by atoms with E-state index in [9.17, 15) is 115 Å². The Kier molecular flexibility index (Phi) is 26.6. The van der Waals surface area contributed by atoms with Crippen molar-refractivity contribution in [2.45, 2.75) is 87.1 Å². The zero-order chi connectivity index (χ0) is 82.2. The molecule has 580 valence electrons. The predicted molar refractivity (Wildman–Crippen MR) is 359 cm³/mol. The van der Waals surface area contributed by atoms with Crippen molar-refractivity contribution in [1.82, 2.24) is 24.5 Å². The van der Waals surface area contributed by atoms with E-state index in [0.717, 1.165) is 86.2 Å². The van der Waals surface area contributed by atoms with E-state index in [0.29, 0.717) is 12.4 Å². The summed E-state index contributed by atoms with van der Waals surface area (Å²) < 4.78 is 200. The van der Waals surface area contributed by atoms with Crippen molar-refractivity contribution < 1.29 is 119 Å². The van der Waals surface area contributed by atoms with Gasteiger partial charge in [0.25, 0.3) is 0 Å². The lowest BCUT2D eigenvalue weighted by molar-refractivity contribution is -0.142. The fourth-order valence-electron chi connectivity index (χ4n) is 11.7. The van der Waals surface area contributed by atoms with E-state index in [1.807, 2.05) is 0 Å². The number of esters is 1. The van der Waals surface area contributed by atoms with E-state index in [1.165, 1.54) is 104 Å². The molecule has 0 spiro atoms. The average Bonchev–Trinajstić information content (AvgIpc) is 1.74. The Morgan fingerprint density at radius 2 is 0.679 bits per heavy atom. The van der Waals surface area contributed by atoms with Gasteiger partial charge in [-0.3, -0.25) is 24.5 Å². The number of carbonyl (C=O) groups is 7. The topological polar surface area (TPSA) is 244 Å². The molecule has 7 atom stereocenters.